The number of aliphatic hydroxyl groups is 1. The average Bonchev–Trinajstić information content (AvgIpc) is 3.28. The summed E-state index contributed by atoms with van der Waals surface area (Å²) >= 11 is 0. The van der Waals surface area contributed by atoms with Gasteiger partial charge in [-0.15, -0.1) is 0 Å². The molecule has 0 aromatic carbocycles. The van der Waals surface area contributed by atoms with Crippen molar-refractivity contribution in [3.63, 3.8) is 0 Å². The molecule has 4 fully saturated rings. The average molecular weight is 489 g/mol. The first-order valence-corrected chi connectivity index (χ1v) is 12.9. The molecule has 0 amide bonds. The van der Waals surface area contributed by atoms with E-state index in [1.165, 1.54) is 0 Å². The van der Waals surface area contributed by atoms with Crippen LogP contribution in [0.1, 0.15) is 65.7 Å². The summed E-state index contributed by atoms with van der Waals surface area (Å²) in [6.07, 6.45) is 7.05. The van der Waals surface area contributed by atoms with Crippen LogP contribution in [0.4, 0.5) is 4.79 Å². The lowest BCUT2D eigenvalue weighted by Gasteiger charge is -2.59. The van der Waals surface area contributed by atoms with Gasteiger partial charge in [0.05, 0.1) is 12.2 Å². The molecule has 1 aliphatic heterocycles. The molecule has 2 N–H and O–H groups in total. The van der Waals surface area contributed by atoms with Gasteiger partial charge in [-0.1, -0.05) is 38.8 Å². The van der Waals surface area contributed by atoms with Crippen LogP contribution in [-0.2, 0) is 23.8 Å². The van der Waals surface area contributed by atoms with Crippen molar-refractivity contribution in [1.29, 1.82) is 0 Å². The largest absolute Gasteiger partial charge is 0.506 e. The Morgan fingerprint density at radius 1 is 1.29 bits per heavy atom. The minimum absolute atomic E-state index is 0.00985. The lowest BCUT2D eigenvalue weighted by atomic mass is 9.46. The quantitative estimate of drug-likeness (QED) is 0.542. The van der Waals surface area contributed by atoms with Crippen molar-refractivity contribution in [2.45, 2.75) is 89.8 Å². The van der Waals surface area contributed by atoms with Crippen molar-refractivity contribution < 1.29 is 38.8 Å². The van der Waals surface area contributed by atoms with Gasteiger partial charge in [-0.25, -0.2) is 4.79 Å². The monoisotopic (exact) mass is 488 g/mol. The molecule has 4 aliphatic carbocycles. The standard InChI is InChI=1S/C27H36O8/c1-4-5-6-22-34-21-12-18-17-8-7-15-11-16(28)9-10-25(15,2)23(17)19(29)13-26(18,3)27(21,35-22)20(30)14-33-24(31)32/h9-11,17-19,21-23,29H,4-8,12-14H2,1-3H3,(H,31,32)/t17?,18-,19-,21+,22?,23+,25-,26-,27+/m0/s1. The van der Waals surface area contributed by atoms with Crippen LogP contribution in [0.15, 0.2) is 23.8 Å². The molecular formula is C27H36O8. The van der Waals surface area contributed by atoms with E-state index in [-0.39, 0.29) is 23.5 Å². The Balaban J connectivity index is 1.52. The highest BCUT2D eigenvalue weighted by Gasteiger charge is 2.75. The fourth-order valence-electron chi connectivity index (χ4n) is 8.38. The van der Waals surface area contributed by atoms with Crippen LogP contribution in [0.2, 0.25) is 0 Å². The number of ether oxygens (including phenoxy) is 3. The molecule has 1 saturated heterocycles. The third-order valence-electron chi connectivity index (χ3n) is 9.82. The number of rotatable bonds is 6. The maximum absolute atomic E-state index is 13.7. The van der Waals surface area contributed by atoms with Crippen molar-refractivity contribution in [3.8, 4) is 0 Å². The molecular weight excluding hydrogens is 452 g/mol. The number of carboxylic acid groups (broad SMARTS) is 1. The van der Waals surface area contributed by atoms with Gasteiger partial charge in [0.25, 0.3) is 0 Å². The van der Waals surface area contributed by atoms with E-state index in [0.29, 0.717) is 19.3 Å². The number of Topliss-reactive ketones (excluding diaryl/α,β-unsaturated/α-hetero) is 1. The van der Waals surface area contributed by atoms with Gasteiger partial charge >= 0.3 is 6.16 Å². The van der Waals surface area contributed by atoms with Crippen molar-refractivity contribution in [1.82, 2.24) is 0 Å². The summed E-state index contributed by atoms with van der Waals surface area (Å²) in [5, 5.41) is 20.7. The summed E-state index contributed by atoms with van der Waals surface area (Å²) < 4.78 is 17.5. The molecule has 35 heavy (non-hydrogen) atoms. The topological polar surface area (TPSA) is 119 Å². The third kappa shape index (κ3) is 3.47. The van der Waals surface area contributed by atoms with Crippen LogP contribution in [0.5, 0.6) is 0 Å². The zero-order valence-electron chi connectivity index (χ0n) is 20.7. The second kappa shape index (κ2) is 8.53. The highest BCUT2D eigenvalue weighted by molar-refractivity contribution is 6.01. The van der Waals surface area contributed by atoms with E-state index >= 15 is 0 Å². The molecule has 0 aromatic rings. The van der Waals surface area contributed by atoms with Crippen LogP contribution < -0.4 is 0 Å². The molecule has 9 atom stereocenters. The fraction of sp³-hybridized carbons (Fsp3) is 0.741. The van der Waals surface area contributed by atoms with Gasteiger partial charge in [0.2, 0.25) is 5.78 Å². The van der Waals surface area contributed by atoms with Crippen molar-refractivity contribution >= 4 is 17.7 Å². The van der Waals surface area contributed by atoms with Gasteiger partial charge in [-0.3, -0.25) is 9.59 Å². The summed E-state index contributed by atoms with van der Waals surface area (Å²) in [5.41, 5.74) is -1.43. The molecule has 5 aliphatic rings. The van der Waals surface area contributed by atoms with E-state index in [2.05, 4.69) is 13.8 Å². The van der Waals surface area contributed by atoms with E-state index in [1.807, 2.05) is 13.0 Å². The van der Waals surface area contributed by atoms with E-state index in [0.717, 1.165) is 31.3 Å². The molecule has 0 aromatic heterocycles. The Kier molecular flexibility index (Phi) is 6.01. The van der Waals surface area contributed by atoms with E-state index in [4.69, 9.17) is 19.3 Å². The molecule has 1 heterocycles. The molecule has 0 radical (unpaired) electrons. The molecule has 0 bridgehead atoms. The molecule has 8 nitrogen and oxygen atoms in total. The highest BCUT2D eigenvalue weighted by Crippen LogP contribution is 2.69. The van der Waals surface area contributed by atoms with Crippen LogP contribution in [0.25, 0.3) is 0 Å². The maximum Gasteiger partial charge on any atom is 0.506 e. The van der Waals surface area contributed by atoms with Crippen LogP contribution in [-0.4, -0.2) is 58.6 Å². The first kappa shape index (κ1) is 24.7. The second-order valence-electron chi connectivity index (χ2n) is 11.5. The zero-order chi connectivity index (χ0) is 25.2. The Morgan fingerprint density at radius 3 is 2.77 bits per heavy atom. The first-order chi connectivity index (χ1) is 16.6. The predicted molar refractivity (Wildman–Crippen MR) is 124 cm³/mol. The smallest absolute Gasteiger partial charge is 0.450 e. The second-order valence-corrected chi connectivity index (χ2v) is 11.5. The Bertz CT molecular complexity index is 986. The van der Waals surface area contributed by atoms with E-state index in [1.54, 1.807) is 12.2 Å². The summed E-state index contributed by atoms with van der Waals surface area (Å²) in [5.74, 6) is -0.358. The third-order valence-corrected chi connectivity index (χ3v) is 9.82. The van der Waals surface area contributed by atoms with Crippen LogP contribution in [0.3, 0.4) is 0 Å². The number of aliphatic hydroxyl groups excluding tert-OH is 1. The molecule has 3 saturated carbocycles. The molecule has 8 heteroatoms. The summed E-state index contributed by atoms with van der Waals surface area (Å²) in [4.78, 5) is 36.8. The summed E-state index contributed by atoms with van der Waals surface area (Å²) in [7, 11) is 0. The molecule has 5 rings (SSSR count). The van der Waals surface area contributed by atoms with Gasteiger partial charge < -0.3 is 24.4 Å². The predicted octanol–water partition coefficient (Wildman–Crippen LogP) is 3.81. The van der Waals surface area contributed by atoms with Gasteiger partial charge in [-0.05, 0) is 62.5 Å². The minimum Gasteiger partial charge on any atom is -0.450 e. The fourth-order valence-corrected chi connectivity index (χ4v) is 8.38. The Labute approximate surface area is 205 Å². The first-order valence-electron chi connectivity index (χ1n) is 12.9. The highest BCUT2D eigenvalue weighted by atomic mass is 16.7. The lowest BCUT2D eigenvalue weighted by molar-refractivity contribution is -0.200. The number of carbonyl (C=O) groups is 3. The molecule has 192 valence electrons. The summed E-state index contributed by atoms with van der Waals surface area (Å²) in [6, 6.07) is 0. The van der Waals surface area contributed by atoms with Crippen LogP contribution in [0, 0.1) is 28.6 Å². The number of unbranched alkanes of at least 4 members (excludes halogenated alkanes) is 1. The summed E-state index contributed by atoms with van der Waals surface area (Å²) in [6.45, 7) is 5.59. The lowest BCUT2D eigenvalue weighted by Crippen LogP contribution is -2.63. The number of ketones is 2. The molecule has 0 spiro atoms. The van der Waals surface area contributed by atoms with Crippen molar-refractivity contribution in [2.24, 2.45) is 28.6 Å². The maximum atomic E-state index is 13.7. The van der Waals surface area contributed by atoms with E-state index in [9.17, 15) is 19.5 Å². The van der Waals surface area contributed by atoms with Crippen LogP contribution >= 0.6 is 0 Å². The normalized spacial score (nSPS) is 45.7. The number of allylic oxidation sites excluding steroid dienone is 4. The zero-order valence-corrected chi connectivity index (χ0v) is 20.7. The SMILES string of the molecule is CCCCC1O[C@@H]2C[C@H]3C4CCC5=CC(=O)C=C[C@]5(C)[C@H]4[C@@H](O)C[C@]3(C)[C@]2(C(=O)COC(=O)O)O1. The van der Waals surface area contributed by atoms with Crippen molar-refractivity contribution in [3.05, 3.63) is 23.8 Å². The number of hydrogen-bond donors (Lipinski definition) is 2. The minimum atomic E-state index is -1.51. The Morgan fingerprint density at radius 2 is 2.06 bits per heavy atom. The number of fused-ring (bicyclic) bond motifs is 7. The number of carbonyl (C=O) groups excluding carboxylic acids is 2. The van der Waals surface area contributed by atoms with Gasteiger partial charge in [0.1, 0.15) is 0 Å². The van der Waals surface area contributed by atoms with Crippen molar-refractivity contribution in [2.75, 3.05) is 6.61 Å². The van der Waals surface area contributed by atoms with Gasteiger partial charge in [0.15, 0.2) is 24.3 Å². The molecule has 2 unspecified atom stereocenters. The van der Waals surface area contributed by atoms with Gasteiger partial charge in [0, 0.05) is 16.7 Å². The van der Waals surface area contributed by atoms with Gasteiger partial charge in [-0.2, -0.15) is 0 Å². The Hall–Kier alpha value is -2.03. The number of hydrogen-bond acceptors (Lipinski definition) is 7. The van der Waals surface area contributed by atoms with E-state index < -0.39 is 53.5 Å².